The highest BCUT2D eigenvalue weighted by molar-refractivity contribution is 9.10. The molecule has 1 aromatic carbocycles. The molecule has 0 bridgehead atoms. The van der Waals surface area contributed by atoms with Gasteiger partial charge in [-0.15, -0.1) is 0 Å². The Morgan fingerprint density at radius 1 is 1.40 bits per heavy atom. The third-order valence-electron chi connectivity index (χ3n) is 3.70. The lowest BCUT2D eigenvalue weighted by atomic mass is 9.98. The monoisotopic (exact) mass is 339 g/mol. The summed E-state index contributed by atoms with van der Waals surface area (Å²) in [7, 11) is 0. The summed E-state index contributed by atoms with van der Waals surface area (Å²) in [6.07, 6.45) is 2.75. The predicted octanol–water partition coefficient (Wildman–Crippen LogP) is 3.27. The summed E-state index contributed by atoms with van der Waals surface area (Å²) in [4.78, 5) is 14.3. The van der Waals surface area contributed by atoms with E-state index in [1.165, 1.54) is 6.42 Å². The first kappa shape index (κ1) is 15.5. The molecule has 3 nitrogen and oxygen atoms in total. The number of likely N-dealkylation sites (tertiary alicyclic amines) is 1. The van der Waals surface area contributed by atoms with Crippen molar-refractivity contribution in [2.45, 2.75) is 26.2 Å². The number of halogens is 1. The van der Waals surface area contributed by atoms with Crippen LogP contribution in [-0.2, 0) is 16.0 Å². The maximum Gasteiger partial charge on any atom is 0.226 e. The summed E-state index contributed by atoms with van der Waals surface area (Å²) in [6, 6.07) is 7.97. The first-order valence-corrected chi connectivity index (χ1v) is 8.08. The number of benzene rings is 1. The van der Waals surface area contributed by atoms with Crippen LogP contribution in [0.15, 0.2) is 28.7 Å². The SMILES string of the molecule is CCOCC1CCCN(C(=O)Cc2ccc(Br)cc2)C1. The first-order valence-electron chi connectivity index (χ1n) is 7.29. The molecule has 2 rings (SSSR count). The van der Waals surface area contributed by atoms with E-state index >= 15 is 0 Å². The second-order valence-electron chi connectivity index (χ2n) is 5.31. The Labute approximate surface area is 129 Å². The average Bonchev–Trinajstić information content (AvgIpc) is 2.48. The summed E-state index contributed by atoms with van der Waals surface area (Å²) in [5, 5.41) is 0. The third-order valence-corrected chi connectivity index (χ3v) is 4.23. The number of hydrogen-bond acceptors (Lipinski definition) is 2. The highest BCUT2D eigenvalue weighted by atomic mass is 79.9. The maximum atomic E-state index is 12.3. The largest absolute Gasteiger partial charge is 0.381 e. The van der Waals surface area contributed by atoms with Crippen molar-refractivity contribution in [2.75, 3.05) is 26.3 Å². The Balaban J connectivity index is 1.86. The molecule has 1 aliphatic heterocycles. The number of amides is 1. The molecule has 0 spiro atoms. The Kier molecular flexibility index (Phi) is 6.05. The normalized spacial score (nSPS) is 19.1. The van der Waals surface area contributed by atoms with Crippen molar-refractivity contribution in [3.8, 4) is 0 Å². The number of nitrogens with zero attached hydrogens (tertiary/aromatic N) is 1. The topological polar surface area (TPSA) is 29.5 Å². The zero-order chi connectivity index (χ0) is 14.4. The van der Waals surface area contributed by atoms with E-state index in [0.717, 1.165) is 42.8 Å². The fourth-order valence-corrected chi connectivity index (χ4v) is 2.87. The van der Waals surface area contributed by atoms with Gasteiger partial charge in [0.1, 0.15) is 0 Å². The zero-order valence-corrected chi connectivity index (χ0v) is 13.6. The molecule has 1 amide bonds. The van der Waals surface area contributed by atoms with Gasteiger partial charge in [0.25, 0.3) is 0 Å². The molecule has 0 radical (unpaired) electrons. The van der Waals surface area contributed by atoms with E-state index in [4.69, 9.17) is 4.74 Å². The van der Waals surface area contributed by atoms with Crippen molar-refractivity contribution in [1.29, 1.82) is 0 Å². The highest BCUT2D eigenvalue weighted by Crippen LogP contribution is 2.18. The lowest BCUT2D eigenvalue weighted by Gasteiger charge is -2.32. The molecule has 0 N–H and O–H groups in total. The van der Waals surface area contributed by atoms with Gasteiger partial charge in [-0.1, -0.05) is 28.1 Å². The summed E-state index contributed by atoms with van der Waals surface area (Å²) in [5.41, 5.74) is 1.07. The van der Waals surface area contributed by atoms with Gasteiger partial charge < -0.3 is 9.64 Å². The van der Waals surface area contributed by atoms with Gasteiger partial charge in [-0.3, -0.25) is 4.79 Å². The van der Waals surface area contributed by atoms with Crippen LogP contribution in [0, 0.1) is 5.92 Å². The minimum absolute atomic E-state index is 0.230. The van der Waals surface area contributed by atoms with Gasteiger partial charge in [-0.05, 0) is 43.4 Å². The van der Waals surface area contributed by atoms with Crippen LogP contribution in [0.3, 0.4) is 0 Å². The van der Waals surface area contributed by atoms with E-state index < -0.39 is 0 Å². The second kappa shape index (κ2) is 7.79. The number of rotatable bonds is 5. The summed E-state index contributed by atoms with van der Waals surface area (Å²) >= 11 is 3.41. The first-order chi connectivity index (χ1) is 9.69. The van der Waals surface area contributed by atoms with Crippen LogP contribution >= 0.6 is 15.9 Å². The number of piperidine rings is 1. The molecule has 0 aliphatic carbocycles. The van der Waals surface area contributed by atoms with Crippen molar-refractivity contribution >= 4 is 21.8 Å². The van der Waals surface area contributed by atoms with Gasteiger partial charge in [0.2, 0.25) is 5.91 Å². The number of carbonyl (C=O) groups excluding carboxylic acids is 1. The van der Waals surface area contributed by atoms with Gasteiger partial charge >= 0.3 is 0 Å². The molecule has 1 atom stereocenters. The molecule has 4 heteroatoms. The van der Waals surface area contributed by atoms with Crippen LogP contribution in [0.5, 0.6) is 0 Å². The summed E-state index contributed by atoms with van der Waals surface area (Å²) in [6.45, 7) is 5.27. The molecule has 110 valence electrons. The van der Waals surface area contributed by atoms with Gasteiger partial charge in [0.05, 0.1) is 13.0 Å². The van der Waals surface area contributed by atoms with Gasteiger partial charge in [-0.25, -0.2) is 0 Å². The molecule has 0 aromatic heterocycles. The van der Waals surface area contributed by atoms with Crippen LogP contribution in [0.1, 0.15) is 25.3 Å². The Morgan fingerprint density at radius 2 is 2.15 bits per heavy atom. The molecule has 1 unspecified atom stereocenters. The lowest BCUT2D eigenvalue weighted by Crippen LogP contribution is -2.42. The van der Waals surface area contributed by atoms with Crippen molar-refractivity contribution in [3.05, 3.63) is 34.3 Å². The van der Waals surface area contributed by atoms with Crippen LogP contribution in [-0.4, -0.2) is 37.1 Å². The van der Waals surface area contributed by atoms with E-state index in [1.807, 2.05) is 36.1 Å². The summed E-state index contributed by atoms with van der Waals surface area (Å²) < 4.78 is 6.53. The smallest absolute Gasteiger partial charge is 0.226 e. The van der Waals surface area contributed by atoms with E-state index in [2.05, 4.69) is 15.9 Å². The van der Waals surface area contributed by atoms with Crippen LogP contribution in [0.2, 0.25) is 0 Å². The van der Waals surface area contributed by atoms with E-state index in [-0.39, 0.29) is 5.91 Å². The zero-order valence-electron chi connectivity index (χ0n) is 12.0. The maximum absolute atomic E-state index is 12.3. The number of ether oxygens (including phenoxy) is 1. The fraction of sp³-hybridized carbons (Fsp3) is 0.562. The quantitative estimate of drug-likeness (QED) is 0.823. The standard InChI is InChI=1S/C16H22BrNO2/c1-2-20-12-14-4-3-9-18(11-14)16(19)10-13-5-7-15(17)8-6-13/h5-8,14H,2-4,9-12H2,1H3. The Bertz CT molecular complexity index is 433. The van der Waals surface area contributed by atoms with Crippen LogP contribution in [0.4, 0.5) is 0 Å². The van der Waals surface area contributed by atoms with Crippen molar-refractivity contribution in [2.24, 2.45) is 5.92 Å². The molecule has 1 fully saturated rings. The number of carbonyl (C=O) groups is 1. The molecule has 1 aliphatic rings. The summed E-state index contributed by atoms with van der Waals surface area (Å²) in [5.74, 6) is 0.728. The lowest BCUT2D eigenvalue weighted by molar-refractivity contribution is -0.132. The molecule has 1 heterocycles. The Hall–Kier alpha value is -0.870. The van der Waals surface area contributed by atoms with Gasteiger partial charge in [-0.2, -0.15) is 0 Å². The van der Waals surface area contributed by atoms with Crippen molar-refractivity contribution < 1.29 is 9.53 Å². The van der Waals surface area contributed by atoms with Crippen molar-refractivity contribution in [3.63, 3.8) is 0 Å². The van der Waals surface area contributed by atoms with E-state index in [9.17, 15) is 4.79 Å². The van der Waals surface area contributed by atoms with Crippen LogP contribution < -0.4 is 0 Å². The molecular formula is C16H22BrNO2. The minimum Gasteiger partial charge on any atom is -0.381 e. The van der Waals surface area contributed by atoms with E-state index in [0.29, 0.717) is 12.3 Å². The molecular weight excluding hydrogens is 318 g/mol. The number of hydrogen-bond donors (Lipinski definition) is 0. The predicted molar refractivity (Wildman–Crippen MR) is 83.6 cm³/mol. The molecule has 1 saturated heterocycles. The Morgan fingerprint density at radius 3 is 2.85 bits per heavy atom. The average molecular weight is 340 g/mol. The second-order valence-corrected chi connectivity index (χ2v) is 6.23. The van der Waals surface area contributed by atoms with Crippen molar-refractivity contribution in [1.82, 2.24) is 4.90 Å². The van der Waals surface area contributed by atoms with Gasteiger partial charge in [0.15, 0.2) is 0 Å². The van der Waals surface area contributed by atoms with Gasteiger partial charge in [0, 0.05) is 24.2 Å². The van der Waals surface area contributed by atoms with Crippen LogP contribution in [0.25, 0.3) is 0 Å². The fourth-order valence-electron chi connectivity index (χ4n) is 2.60. The third kappa shape index (κ3) is 4.60. The minimum atomic E-state index is 0.230. The molecule has 0 saturated carbocycles. The van der Waals surface area contributed by atoms with E-state index in [1.54, 1.807) is 0 Å². The molecule has 1 aromatic rings. The molecule has 20 heavy (non-hydrogen) atoms. The highest BCUT2D eigenvalue weighted by Gasteiger charge is 2.23.